The number of aromatic nitrogens is 2. The van der Waals surface area contributed by atoms with Crippen LogP contribution in [0.4, 0.5) is 0 Å². The molecule has 2 heterocycles. The molecule has 0 bridgehead atoms. The third kappa shape index (κ3) is 3.10. The summed E-state index contributed by atoms with van der Waals surface area (Å²) in [6.45, 7) is 10.0. The van der Waals surface area contributed by atoms with Gasteiger partial charge in [0.1, 0.15) is 0 Å². The van der Waals surface area contributed by atoms with Crippen molar-refractivity contribution in [3.63, 3.8) is 0 Å². The van der Waals surface area contributed by atoms with Gasteiger partial charge in [-0.05, 0) is 37.1 Å². The maximum absolute atomic E-state index is 5.45. The molecule has 2 rings (SSSR count). The van der Waals surface area contributed by atoms with E-state index in [-0.39, 0.29) is 11.5 Å². The highest BCUT2D eigenvalue weighted by molar-refractivity contribution is 5.01. The summed E-state index contributed by atoms with van der Waals surface area (Å²) >= 11 is 0. The number of hydrogen-bond acceptors (Lipinski definition) is 4. The van der Waals surface area contributed by atoms with Crippen LogP contribution in [0.5, 0.6) is 0 Å². The smallest absolute Gasteiger partial charge is 0.244 e. The minimum atomic E-state index is 0.195. The molecule has 1 aromatic heterocycles. The van der Waals surface area contributed by atoms with Crippen molar-refractivity contribution in [2.45, 2.75) is 59.4 Å². The third-order valence-electron chi connectivity index (χ3n) is 3.80. The topological polar surface area (TPSA) is 51.0 Å². The monoisotopic (exact) mass is 251 g/mol. The molecule has 4 nitrogen and oxygen atoms in total. The maximum Gasteiger partial charge on any atom is 0.244 e. The van der Waals surface area contributed by atoms with Crippen molar-refractivity contribution in [1.82, 2.24) is 15.5 Å². The van der Waals surface area contributed by atoms with E-state index in [0.29, 0.717) is 5.92 Å². The summed E-state index contributed by atoms with van der Waals surface area (Å²) in [4.78, 5) is 4.56. The number of nitrogens with zero attached hydrogens (tertiary/aromatic N) is 2. The minimum absolute atomic E-state index is 0.195. The van der Waals surface area contributed by atoms with Crippen LogP contribution in [0.25, 0.3) is 0 Å². The van der Waals surface area contributed by atoms with E-state index in [1.807, 2.05) is 0 Å². The molecule has 4 heteroatoms. The molecule has 1 atom stereocenters. The number of rotatable bonds is 4. The Morgan fingerprint density at radius 2 is 2.22 bits per heavy atom. The zero-order valence-electron chi connectivity index (χ0n) is 12.0. The van der Waals surface area contributed by atoms with E-state index in [1.165, 1.54) is 12.8 Å². The molecule has 1 aliphatic heterocycles. The van der Waals surface area contributed by atoms with Crippen LogP contribution in [-0.4, -0.2) is 16.7 Å². The molecule has 102 valence electrons. The van der Waals surface area contributed by atoms with E-state index in [2.05, 4.69) is 43.2 Å². The molecule has 1 aromatic rings. The summed E-state index contributed by atoms with van der Waals surface area (Å²) in [7, 11) is 0. The molecule has 0 radical (unpaired) electrons. The Morgan fingerprint density at radius 1 is 1.44 bits per heavy atom. The van der Waals surface area contributed by atoms with E-state index < -0.39 is 0 Å². The summed E-state index contributed by atoms with van der Waals surface area (Å²) in [5.74, 6) is 2.29. The summed E-state index contributed by atoms with van der Waals surface area (Å²) in [6.07, 6.45) is 4.45. The second-order valence-electron chi connectivity index (χ2n) is 6.46. The predicted molar refractivity (Wildman–Crippen MR) is 71.2 cm³/mol. The van der Waals surface area contributed by atoms with Gasteiger partial charge in [0.05, 0.1) is 6.04 Å². The van der Waals surface area contributed by atoms with Crippen LogP contribution in [0.2, 0.25) is 0 Å². The Bertz CT molecular complexity index is 384. The quantitative estimate of drug-likeness (QED) is 0.893. The SMILES string of the molecule is CC(C)CCc1noc(C2NCCCC2(C)C)n1. The van der Waals surface area contributed by atoms with E-state index in [4.69, 9.17) is 4.52 Å². The molecule has 18 heavy (non-hydrogen) atoms. The van der Waals surface area contributed by atoms with Gasteiger partial charge in [0.15, 0.2) is 5.82 Å². The number of aryl methyl sites for hydroxylation is 1. The summed E-state index contributed by atoms with van der Waals surface area (Å²) in [5.41, 5.74) is 0.195. The first-order chi connectivity index (χ1) is 8.49. The summed E-state index contributed by atoms with van der Waals surface area (Å²) in [6, 6.07) is 0.201. The molecule has 0 saturated carbocycles. The summed E-state index contributed by atoms with van der Waals surface area (Å²) in [5, 5.41) is 7.61. The lowest BCUT2D eigenvalue weighted by Crippen LogP contribution is -2.39. The van der Waals surface area contributed by atoms with Gasteiger partial charge >= 0.3 is 0 Å². The van der Waals surface area contributed by atoms with Crippen molar-refractivity contribution in [2.75, 3.05) is 6.54 Å². The van der Waals surface area contributed by atoms with Gasteiger partial charge in [-0.15, -0.1) is 0 Å². The molecule has 1 saturated heterocycles. The molecule has 1 fully saturated rings. The van der Waals surface area contributed by atoms with Gasteiger partial charge in [-0.3, -0.25) is 0 Å². The molecule has 1 N–H and O–H groups in total. The van der Waals surface area contributed by atoms with E-state index in [1.54, 1.807) is 0 Å². The van der Waals surface area contributed by atoms with Crippen LogP contribution >= 0.6 is 0 Å². The first-order valence-electron chi connectivity index (χ1n) is 7.05. The molecule has 0 aromatic carbocycles. The van der Waals surface area contributed by atoms with Crippen molar-refractivity contribution in [1.29, 1.82) is 0 Å². The van der Waals surface area contributed by atoms with Crippen molar-refractivity contribution in [3.8, 4) is 0 Å². The lowest BCUT2D eigenvalue weighted by molar-refractivity contribution is 0.146. The van der Waals surface area contributed by atoms with Crippen molar-refractivity contribution < 1.29 is 4.52 Å². The fourth-order valence-corrected chi connectivity index (χ4v) is 2.54. The maximum atomic E-state index is 5.45. The molecular formula is C14H25N3O. The predicted octanol–water partition coefficient (Wildman–Crippen LogP) is 3.11. The summed E-state index contributed by atoms with van der Waals surface area (Å²) < 4.78 is 5.45. The van der Waals surface area contributed by atoms with Gasteiger partial charge in [0, 0.05) is 6.42 Å². The molecular weight excluding hydrogens is 226 g/mol. The molecule has 0 aliphatic carbocycles. The largest absolute Gasteiger partial charge is 0.338 e. The van der Waals surface area contributed by atoms with Gasteiger partial charge in [-0.1, -0.05) is 32.9 Å². The van der Waals surface area contributed by atoms with Gasteiger partial charge in [-0.25, -0.2) is 0 Å². The van der Waals surface area contributed by atoms with Crippen LogP contribution in [0.3, 0.4) is 0 Å². The first-order valence-corrected chi connectivity index (χ1v) is 7.05. The Morgan fingerprint density at radius 3 is 2.89 bits per heavy atom. The highest BCUT2D eigenvalue weighted by atomic mass is 16.5. The third-order valence-corrected chi connectivity index (χ3v) is 3.80. The van der Waals surface area contributed by atoms with Crippen LogP contribution in [0, 0.1) is 11.3 Å². The highest BCUT2D eigenvalue weighted by Gasteiger charge is 2.36. The lowest BCUT2D eigenvalue weighted by Gasteiger charge is -2.36. The fourth-order valence-electron chi connectivity index (χ4n) is 2.54. The number of piperidine rings is 1. The second-order valence-corrected chi connectivity index (χ2v) is 6.46. The Hall–Kier alpha value is -0.900. The average Bonchev–Trinajstić information content (AvgIpc) is 2.74. The van der Waals surface area contributed by atoms with Gasteiger partial charge in [-0.2, -0.15) is 4.98 Å². The molecule has 1 aliphatic rings. The minimum Gasteiger partial charge on any atom is -0.338 e. The van der Waals surface area contributed by atoms with E-state index in [0.717, 1.165) is 31.1 Å². The fraction of sp³-hybridized carbons (Fsp3) is 0.857. The van der Waals surface area contributed by atoms with Gasteiger partial charge in [0.25, 0.3) is 0 Å². The first kappa shape index (κ1) is 13.5. The van der Waals surface area contributed by atoms with Crippen LogP contribution in [0.15, 0.2) is 4.52 Å². The standard InChI is InChI=1S/C14H25N3O/c1-10(2)6-7-11-16-13(18-17-11)12-14(3,4)8-5-9-15-12/h10,12,15H,5-9H2,1-4H3. The molecule has 0 amide bonds. The highest BCUT2D eigenvalue weighted by Crippen LogP contribution is 2.39. The van der Waals surface area contributed by atoms with Crippen LogP contribution in [-0.2, 0) is 6.42 Å². The molecule has 0 spiro atoms. The average molecular weight is 251 g/mol. The van der Waals surface area contributed by atoms with E-state index in [9.17, 15) is 0 Å². The Balaban J connectivity index is 2.04. The van der Waals surface area contributed by atoms with Crippen LogP contribution < -0.4 is 5.32 Å². The normalized spacial score (nSPS) is 23.5. The molecule has 1 unspecified atom stereocenters. The zero-order valence-corrected chi connectivity index (χ0v) is 12.0. The zero-order chi connectivity index (χ0) is 13.2. The second kappa shape index (κ2) is 5.39. The van der Waals surface area contributed by atoms with Crippen molar-refractivity contribution >= 4 is 0 Å². The van der Waals surface area contributed by atoms with Crippen LogP contribution in [0.1, 0.15) is 64.7 Å². The Kier molecular flexibility index (Phi) is 4.05. The lowest BCUT2D eigenvalue weighted by atomic mass is 9.77. The van der Waals surface area contributed by atoms with Gasteiger partial charge in [0.2, 0.25) is 5.89 Å². The van der Waals surface area contributed by atoms with Gasteiger partial charge < -0.3 is 9.84 Å². The van der Waals surface area contributed by atoms with E-state index >= 15 is 0 Å². The van der Waals surface area contributed by atoms with Crippen molar-refractivity contribution in [2.24, 2.45) is 11.3 Å². The Labute approximate surface area is 110 Å². The number of hydrogen-bond donors (Lipinski definition) is 1. The van der Waals surface area contributed by atoms with Crippen molar-refractivity contribution in [3.05, 3.63) is 11.7 Å². The number of nitrogens with one attached hydrogen (secondary N) is 1.